The average Bonchev–Trinajstić information content (AvgIpc) is 2.23. The molecule has 1 aliphatic heterocycles. The van der Waals surface area contributed by atoms with E-state index in [2.05, 4.69) is 11.8 Å². The van der Waals surface area contributed by atoms with E-state index in [1.165, 1.54) is 38.8 Å². The first-order chi connectivity index (χ1) is 6.77. The summed E-state index contributed by atoms with van der Waals surface area (Å²) in [5, 5.41) is 0. The summed E-state index contributed by atoms with van der Waals surface area (Å²) in [7, 11) is 0. The topological polar surface area (TPSA) is 20.3 Å². The van der Waals surface area contributed by atoms with Crippen LogP contribution in [-0.2, 0) is 4.79 Å². The summed E-state index contributed by atoms with van der Waals surface area (Å²) in [6.07, 6.45) is 7.22. The van der Waals surface area contributed by atoms with Crippen LogP contribution in [0, 0.1) is 5.92 Å². The number of nitrogens with zero attached hydrogens (tertiary/aromatic N) is 1. The summed E-state index contributed by atoms with van der Waals surface area (Å²) in [6, 6.07) is 0.582. The molecule has 0 aromatic heterocycles. The van der Waals surface area contributed by atoms with E-state index in [0.717, 1.165) is 12.8 Å². The van der Waals surface area contributed by atoms with Crippen LogP contribution in [0.2, 0.25) is 0 Å². The van der Waals surface area contributed by atoms with Gasteiger partial charge in [0.15, 0.2) is 0 Å². The lowest BCUT2D eigenvalue weighted by Crippen LogP contribution is -2.43. The van der Waals surface area contributed by atoms with Crippen molar-refractivity contribution in [2.45, 2.75) is 51.5 Å². The Balaban J connectivity index is 1.88. The van der Waals surface area contributed by atoms with Gasteiger partial charge < -0.3 is 0 Å². The van der Waals surface area contributed by atoms with E-state index in [0.29, 0.717) is 17.7 Å². The van der Waals surface area contributed by atoms with Crippen LogP contribution in [-0.4, -0.2) is 29.8 Å². The molecule has 0 aromatic rings. The first-order valence-electron chi connectivity index (χ1n) is 6.04. The standard InChI is InChI=1S/C12H21NO/c1-10-5-6-11(9-12(10)14)13-7-3-2-4-8-13/h10-11H,2-9H2,1H3. The largest absolute Gasteiger partial charge is 0.300 e. The monoisotopic (exact) mass is 195 g/mol. The predicted molar refractivity (Wildman–Crippen MR) is 57.2 cm³/mol. The Morgan fingerprint density at radius 3 is 2.50 bits per heavy atom. The lowest BCUT2D eigenvalue weighted by Gasteiger charge is -2.37. The zero-order chi connectivity index (χ0) is 9.97. The number of Topliss-reactive ketones (excluding diaryl/α,β-unsaturated/α-hetero) is 1. The minimum absolute atomic E-state index is 0.330. The number of carbonyl (C=O) groups excluding carboxylic acids is 1. The molecular formula is C12H21NO. The van der Waals surface area contributed by atoms with E-state index >= 15 is 0 Å². The molecule has 2 heteroatoms. The van der Waals surface area contributed by atoms with E-state index in [1.54, 1.807) is 0 Å². The first kappa shape index (κ1) is 10.2. The van der Waals surface area contributed by atoms with Gasteiger partial charge in [-0.05, 0) is 38.8 Å². The molecule has 14 heavy (non-hydrogen) atoms. The van der Waals surface area contributed by atoms with Crippen LogP contribution in [0.25, 0.3) is 0 Å². The fourth-order valence-electron chi connectivity index (χ4n) is 2.73. The molecule has 0 aromatic carbocycles. The number of ketones is 1. The molecule has 2 fully saturated rings. The third-order valence-electron chi connectivity index (χ3n) is 3.83. The van der Waals surface area contributed by atoms with E-state index in [4.69, 9.17) is 0 Å². The van der Waals surface area contributed by atoms with Gasteiger partial charge in [0.2, 0.25) is 0 Å². The highest BCUT2D eigenvalue weighted by Crippen LogP contribution is 2.26. The van der Waals surface area contributed by atoms with Crippen molar-refractivity contribution in [1.82, 2.24) is 4.90 Å². The van der Waals surface area contributed by atoms with Gasteiger partial charge in [0.05, 0.1) is 0 Å². The molecule has 1 saturated carbocycles. The third kappa shape index (κ3) is 2.17. The molecule has 0 radical (unpaired) electrons. The van der Waals surface area contributed by atoms with Gasteiger partial charge in [0.1, 0.15) is 5.78 Å². The van der Waals surface area contributed by atoms with Crippen LogP contribution >= 0.6 is 0 Å². The minimum Gasteiger partial charge on any atom is -0.300 e. The summed E-state index contributed by atoms with van der Waals surface area (Å²) < 4.78 is 0. The molecule has 0 spiro atoms. The van der Waals surface area contributed by atoms with Crippen molar-refractivity contribution < 1.29 is 4.79 Å². The summed E-state index contributed by atoms with van der Waals surface area (Å²) >= 11 is 0. The van der Waals surface area contributed by atoms with E-state index < -0.39 is 0 Å². The lowest BCUT2D eigenvalue weighted by molar-refractivity contribution is -0.126. The second-order valence-corrected chi connectivity index (χ2v) is 4.90. The fourth-order valence-corrected chi connectivity index (χ4v) is 2.73. The SMILES string of the molecule is CC1CCC(N2CCCCC2)CC1=O. The molecule has 2 unspecified atom stereocenters. The van der Waals surface area contributed by atoms with Gasteiger partial charge in [0.25, 0.3) is 0 Å². The number of rotatable bonds is 1. The molecule has 1 aliphatic carbocycles. The van der Waals surface area contributed by atoms with Crippen molar-refractivity contribution in [3.63, 3.8) is 0 Å². The molecule has 2 atom stereocenters. The van der Waals surface area contributed by atoms with Crippen LogP contribution in [0.3, 0.4) is 0 Å². The molecule has 0 N–H and O–H groups in total. The average molecular weight is 195 g/mol. The van der Waals surface area contributed by atoms with Crippen molar-refractivity contribution in [3.8, 4) is 0 Å². The molecule has 0 bridgehead atoms. The zero-order valence-electron chi connectivity index (χ0n) is 9.17. The van der Waals surface area contributed by atoms with Gasteiger partial charge >= 0.3 is 0 Å². The Hall–Kier alpha value is -0.370. The Morgan fingerprint density at radius 2 is 1.86 bits per heavy atom. The van der Waals surface area contributed by atoms with E-state index in [9.17, 15) is 4.79 Å². The fraction of sp³-hybridized carbons (Fsp3) is 0.917. The maximum atomic E-state index is 11.6. The van der Waals surface area contributed by atoms with E-state index in [1.807, 2.05) is 0 Å². The van der Waals surface area contributed by atoms with Gasteiger partial charge in [-0.3, -0.25) is 9.69 Å². The Kier molecular flexibility index (Phi) is 3.22. The Bertz CT molecular complexity index is 208. The van der Waals surface area contributed by atoms with Gasteiger partial charge in [-0.1, -0.05) is 13.3 Å². The second-order valence-electron chi connectivity index (χ2n) is 4.90. The second kappa shape index (κ2) is 4.43. The molecule has 1 heterocycles. The molecule has 2 nitrogen and oxygen atoms in total. The van der Waals surface area contributed by atoms with Crippen molar-refractivity contribution >= 4 is 5.78 Å². The summed E-state index contributed by atoms with van der Waals surface area (Å²) in [5.41, 5.74) is 0. The number of hydrogen-bond acceptors (Lipinski definition) is 2. The third-order valence-corrected chi connectivity index (χ3v) is 3.83. The van der Waals surface area contributed by atoms with E-state index in [-0.39, 0.29) is 0 Å². The number of likely N-dealkylation sites (tertiary alicyclic amines) is 1. The van der Waals surface area contributed by atoms with Gasteiger partial charge in [-0.2, -0.15) is 0 Å². The van der Waals surface area contributed by atoms with Crippen molar-refractivity contribution in [3.05, 3.63) is 0 Å². The van der Waals surface area contributed by atoms with Crippen molar-refractivity contribution in [2.24, 2.45) is 5.92 Å². The lowest BCUT2D eigenvalue weighted by atomic mass is 9.85. The predicted octanol–water partition coefficient (Wildman–Crippen LogP) is 2.23. The molecule has 1 saturated heterocycles. The minimum atomic E-state index is 0.330. The normalized spacial score (nSPS) is 35.9. The maximum Gasteiger partial charge on any atom is 0.137 e. The van der Waals surface area contributed by atoms with Crippen LogP contribution < -0.4 is 0 Å². The highest BCUT2D eigenvalue weighted by atomic mass is 16.1. The molecular weight excluding hydrogens is 174 g/mol. The molecule has 0 amide bonds. The number of piperidine rings is 1. The summed E-state index contributed by atoms with van der Waals surface area (Å²) in [5.74, 6) is 0.822. The van der Waals surface area contributed by atoms with Crippen LogP contribution in [0.15, 0.2) is 0 Å². The maximum absolute atomic E-state index is 11.6. The summed E-state index contributed by atoms with van der Waals surface area (Å²) in [4.78, 5) is 14.2. The van der Waals surface area contributed by atoms with Crippen molar-refractivity contribution in [1.29, 1.82) is 0 Å². The van der Waals surface area contributed by atoms with Gasteiger partial charge in [-0.15, -0.1) is 0 Å². The van der Waals surface area contributed by atoms with Crippen LogP contribution in [0.4, 0.5) is 0 Å². The van der Waals surface area contributed by atoms with Crippen LogP contribution in [0.5, 0.6) is 0 Å². The van der Waals surface area contributed by atoms with Gasteiger partial charge in [0, 0.05) is 18.4 Å². The zero-order valence-corrected chi connectivity index (χ0v) is 9.17. The molecule has 80 valence electrons. The Labute approximate surface area is 86.7 Å². The smallest absolute Gasteiger partial charge is 0.137 e. The highest BCUT2D eigenvalue weighted by molar-refractivity contribution is 5.82. The molecule has 2 rings (SSSR count). The molecule has 2 aliphatic rings. The van der Waals surface area contributed by atoms with Crippen LogP contribution in [0.1, 0.15) is 45.4 Å². The van der Waals surface area contributed by atoms with Crippen molar-refractivity contribution in [2.75, 3.05) is 13.1 Å². The number of hydrogen-bond donors (Lipinski definition) is 0. The summed E-state index contributed by atoms with van der Waals surface area (Å²) in [6.45, 7) is 4.54. The first-order valence-corrected chi connectivity index (χ1v) is 6.04. The number of carbonyl (C=O) groups is 1. The highest BCUT2D eigenvalue weighted by Gasteiger charge is 2.29. The van der Waals surface area contributed by atoms with Gasteiger partial charge in [-0.25, -0.2) is 0 Å². The quantitative estimate of drug-likeness (QED) is 0.639. The Morgan fingerprint density at radius 1 is 1.14 bits per heavy atom.